The molecular weight excluding hydrogens is 472 g/mol. The maximum absolute atomic E-state index is 12.6. The van der Waals surface area contributed by atoms with Crippen LogP contribution < -0.4 is 10.2 Å². The van der Waals surface area contributed by atoms with Crippen LogP contribution in [0.5, 0.6) is 5.75 Å². The number of hydrogen-bond donors (Lipinski definition) is 1. The van der Waals surface area contributed by atoms with Crippen LogP contribution in [0.25, 0.3) is 5.69 Å². The topological polar surface area (TPSA) is 68.5 Å². The van der Waals surface area contributed by atoms with Crippen molar-refractivity contribution in [2.24, 2.45) is 5.10 Å². The number of amides is 1. The molecule has 0 spiro atoms. The zero-order valence-electron chi connectivity index (χ0n) is 20.8. The van der Waals surface area contributed by atoms with Crippen LogP contribution in [0.15, 0.2) is 77.9 Å². The number of benzene rings is 3. The quantitative estimate of drug-likeness (QED) is 0.218. The standard InChI is InChI=1S/C29H29ClN4O2/c1-19(2)25-15-10-20(3)16-27(25)36-18-22-11-13-23(14-12-22)29(35)32-31-17-26-21(4)33-34(28(26)30)24-8-6-5-7-9-24/h5-17,19H,18H2,1-4H3,(H,32,35). The van der Waals surface area contributed by atoms with Gasteiger partial charge in [0, 0.05) is 5.56 Å². The lowest BCUT2D eigenvalue weighted by Crippen LogP contribution is -2.17. The Bertz CT molecular complexity index is 1380. The summed E-state index contributed by atoms with van der Waals surface area (Å²) in [6, 6.07) is 23.2. The fourth-order valence-electron chi connectivity index (χ4n) is 3.78. The minimum atomic E-state index is -0.316. The number of para-hydroxylation sites is 1. The van der Waals surface area contributed by atoms with E-state index in [1.54, 1.807) is 16.8 Å². The van der Waals surface area contributed by atoms with E-state index < -0.39 is 0 Å². The number of nitrogens with one attached hydrogen (secondary N) is 1. The number of rotatable bonds is 8. The van der Waals surface area contributed by atoms with Gasteiger partial charge in [-0.05, 0) is 66.8 Å². The first kappa shape index (κ1) is 25.2. The van der Waals surface area contributed by atoms with Gasteiger partial charge in [0.15, 0.2) is 0 Å². The van der Waals surface area contributed by atoms with Crippen molar-refractivity contribution in [1.82, 2.24) is 15.2 Å². The van der Waals surface area contributed by atoms with E-state index in [0.29, 0.717) is 34.5 Å². The van der Waals surface area contributed by atoms with E-state index in [1.807, 2.05) is 49.4 Å². The predicted octanol–water partition coefficient (Wildman–Crippen LogP) is 6.61. The molecule has 0 saturated heterocycles. The molecule has 1 N–H and O–H groups in total. The summed E-state index contributed by atoms with van der Waals surface area (Å²) in [7, 11) is 0. The second kappa shape index (κ2) is 11.2. The highest BCUT2D eigenvalue weighted by molar-refractivity contribution is 6.32. The number of hydrazone groups is 1. The van der Waals surface area contributed by atoms with Crippen LogP contribution in [-0.2, 0) is 6.61 Å². The Labute approximate surface area is 216 Å². The Hall–Kier alpha value is -3.90. The third-order valence-electron chi connectivity index (χ3n) is 5.81. The summed E-state index contributed by atoms with van der Waals surface area (Å²) in [5.74, 6) is 0.952. The third-order valence-corrected chi connectivity index (χ3v) is 6.17. The summed E-state index contributed by atoms with van der Waals surface area (Å²) in [6.45, 7) is 8.62. The highest BCUT2D eigenvalue weighted by atomic mass is 35.5. The van der Waals surface area contributed by atoms with E-state index in [2.05, 4.69) is 54.6 Å². The van der Waals surface area contributed by atoms with E-state index in [4.69, 9.17) is 16.3 Å². The molecule has 7 heteroatoms. The van der Waals surface area contributed by atoms with Gasteiger partial charge in [-0.1, -0.05) is 67.9 Å². The fraction of sp³-hybridized carbons (Fsp3) is 0.207. The molecule has 3 aromatic carbocycles. The molecular formula is C29H29ClN4O2. The van der Waals surface area contributed by atoms with Gasteiger partial charge in [-0.25, -0.2) is 10.1 Å². The SMILES string of the molecule is Cc1ccc(C(C)C)c(OCc2ccc(C(=O)NN=Cc3c(C)nn(-c4ccccc4)c3Cl)cc2)c1. The van der Waals surface area contributed by atoms with E-state index >= 15 is 0 Å². The van der Waals surface area contributed by atoms with Gasteiger partial charge in [0.25, 0.3) is 5.91 Å². The van der Waals surface area contributed by atoms with Gasteiger partial charge >= 0.3 is 0 Å². The maximum Gasteiger partial charge on any atom is 0.271 e. The molecule has 0 unspecified atom stereocenters. The molecule has 1 heterocycles. The summed E-state index contributed by atoms with van der Waals surface area (Å²) in [4.78, 5) is 12.6. The molecule has 6 nitrogen and oxygen atoms in total. The summed E-state index contributed by atoms with van der Waals surface area (Å²) in [5.41, 5.74) is 8.57. The zero-order valence-corrected chi connectivity index (χ0v) is 21.6. The predicted molar refractivity (Wildman–Crippen MR) is 144 cm³/mol. The first-order valence-electron chi connectivity index (χ1n) is 11.8. The first-order valence-corrected chi connectivity index (χ1v) is 12.2. The Balaban J connectivity index is 1.38. The summed E-state index contributed by atoms with van der Waals surface area (Å²) < 4.78 is 7.73. The van der Waals surface area contributed by atoms with Crippen molar-refractivity contribution >= 4 is 23.7 Å². The largest absolute Gasteiger partial charge is 0.489 e. The van der Waals surface area contributed by atoms with Gasteiger partial charge in [0.1, 0.15) is 17.5 Å². The first-order chi connectivity index (χ1) is 17.3. The number of carbonyl (C=O) groups is 1. The van der Waals surface area contributed by atoms with E-state index in [-0.39, 0.29) is 5.91 Å². The van der Waals surface area contributed by atoms with E-state index in [1.165, 1.54) is 11.8 Å². The summed E-state index contributed by atoms with van der Waals surface area (Å²) in [6.07, 6.45) is 1.51. The molecule has 0 saturated carbocycles. The fourth-order valence-corrected chi connectivity index (χ4v) is 4.10. The second-order valence-corrected chi connectivity index (χ2v) is 9.28. The van der Waals surface area contributed by atoms with Gasteiger partial charge in [-0.3, -0.25) is 4.79 Å². The monoisotopic (exact) mass is 500 g/mol. The van der Waals surface area contributed by atoms with Crippen LogP contribution in [0.4, 0.5) is 0 Å². The lowest BCUT2D eigenvalue weighted by Gasteiger charge is -2.15. The highest BCUT2D eigenvalue weighted by Gasteiger charge is 2.13. The van der Waals surface area contributed by atoms with Crippen molar-refractivity contribution < 1.29 is 9.53 Å². The van der Waals surface area contributed by atoms with Gasteiger partial charge in [-0.15, -0.1) is 0 Å². The Kier molecular flexibility index (Phi) is 7.86. The van der Waals surface area contributed by atoms with Crippen molar-refractivity contribution in [3.8, 4) is 11.4 Å². The van der Waals surface area contributed by atoms with Gasteiger partial charge in [-0.2, -0.15) is 10.2 Å². The van der Waals surface area contributed by atoms with Gasteiger partial charge in [0.2, 0.25) is 0 Å². The highest BCUT2D eigenvalue weighted by Crippen LogP contribution is 2.28. The molecule has 0 radical (unpaired) electrons. The molecule has 4 aromatic rings. The molecule has 0 fully saturated rings. The minimum Gasteiger partial charge on any atom is -0.489 e. The van der Waals surface area contributed by atoms with Crippen molar-refractivity contribution in [2.45, 2.75) is 40.2 Å². The molecule has 0 aliphatic heterocycles. The van der Waals surface area contributed by atoms with Crippen molar-refractivity contribution in [1.29, 1.82) is 0 Å². The zero-order chi connectivity index (χ0) is 25.7. The van der Waals surface area contributed by atoms with Crippen molar-refractivity contribution in [2.75, 3.05) is 0 Å². The van der Waals surface area contributed by atoms with Crippen LogP contribution in [0.1, 0.15) is 58.1 Å². The number of aromatic nitrogens is 2. The number of ether oxygens (including phenoxy) is 1. The smallest absolute Gasteiger partial charge is 0.271 e. The number of aryl methyl sites for hydroxylation is 2. The van der Waals surface area contributed by atoms with Crippen molar-refractivity contribution in [3.63, 3.8) is 0 Å². The Morgan fingerprint density at radius 3 is 2.50 bits per heavy atom. The molecule has 0 atom stereocenters. The van der Waals surface area contributed by atoms with Crippen LogP contribution in [-0.4, -0.2) is 21.9 Å². The average molecular weight is 501 g/mol. The lowest BCUT2D eigenvalue weighted by atomic mass is 10.0. The molecule has 1 amide bonds. The Morgan fingerprint density at radius 1 is 1.08 bits per heavy atom. The summed E-state index contributed by atoms with van der Waals surface area (Å²) in [5, 5.41) is 8.99. The third kappa shape index (κ3) is 5.83. The molecule has 0 aliphatic rings. The van der Waals surface area contributed by atoms with Crippen LogP contribution >= 0.6 is 11.6 Å². The molecule has 0 bridgehead atoms. The van der Waals surface area contributed by atoms with E-state index in [0.717, 1.165) is 22.6 Å². The van der Waals surface area contributed by atoms with Crippen LogP contribution in [0, 0.1) is 13.8 Å². The molecule has 36 heavy (non-hydrogen) atoms. The Morgan fingerprint density at radius 2 is 1.81 bits per heavy atom. The molecule has 0 aliphatic carbocycles. The number of nitrogens with zero attached hydrogens (tertiary/aromatic N) is 3. The minimum absolute atomic E-state index is 0.316. The molecule has 1 aromatic heterocycles. The number of carbonyl (C=O) groups excluding carboxylic acids is 1. The van der Waals surface area contributed by atoms with E-state index in [9.17, 15) is 4.79 Å². The van der Waals surface area contributed by atoms with Crippen molar-refractivity contribution in [3.05, 3.63) is 111 Å². The second-order valence-electron chi connectivity index (χ2n) is 8.92. The molecule has 184 valence electrons. The number of hydrogen-bond acceptors (Lipinski definition) is 4. The van der Waals surface area contributed by atoms with Gasteiger partial charge < -0.3 is 4.74 Å². The summed E-state index contributed by atoms with van der Waals surface area (Å²) >= 11 is 6.51. The van der Waals surface area contributed by atoms with Crippen LogP contribution in [0.3, 0.4) is 0 Å². The van der Waals surface area contributed by atoms with Gasteiger partial charge in [0.05, 0.1) is 23.2 Å². The average Bonchev–Trinajstić information content (AvgIpc) is 3.16. The number of halogens is 1. The van der Waals surface area contributed by atoms with Crippen LogP contribution in [0.2, 0.25) is 5.15 Å². The normalized spacial score (nSPS) is 11.3. The maximum atomic E-state index is 12.6. The molecule has 4 rings (SSSR count). The lowest BCUT2D eigenvalue weighted by molar-refractivity contribution is 0.0955.